The maximum Gasteiger partial charge on any atom is 0.249 e. The first-order chi connectivity index (χ1) is 12.0. The molecule has 134 valence electrons. The minimum atomic E-state index is 0.246. The number of benzene rings is 1. The number of rotatable bonds is 6. The fourth-order valence-electron chi connectivity index (χ4n) is 4.47. The van der Waals surface area contributed by atoms with Gasteiger partial charge in [-0.3, -0.25) is 4.79 Å². The number of allylic oxidation sites excluding steroid dienone is 1. The van der Waals surface area contributed by atoms with Gasteiger partial charge in [0.25, 0.3) is 0 Å². The van der Waals surface area contributed by atoms with Crippen LogP contribution in [0.1, 0.15) is 51.5 Å². The van der Waals surface area contributed by atoms with Crippen LogP contribution in [0.2, 0.25) is 0 Å². The molecule has 0 N–H and O–H groups in total. The summed E-state index contributed by atoms with van der Waals surface area (Å²) in [5.41, 5.74) is 4.03. The standard InChI is InChI=1S/C23H31NO/c1-18-8-7-15-23(2,3)21(18)12-11-20-14-17-24(22(20)25)16-13-19-9-5-4-6-10-19/h4-6,9-10,14,21H,1,7-8,11-13,15-17H2,2-3H3. The van der Waals surface area contributed by atoms with E-state index in [0.717, 1.165) is 44.3 Å². The second kappa shape index (κ2) is 7.59. The monoisotopic (exact) mass is 337 g/mol. The summed E-state index contributed by atoms with van der Waals surface area (Å²) >= 11 is 0. The van der Waals surface area contributed by atoms with Crippen molar-refractivity contribution in [3.63, 3.8) is 0 Å². The van der Waals surface area contributed by atoms with Crippen molar-refractivity contribution < 1.29 is 4.79 Å². The molecule has 0 aromatic heterocycles. The van der Waals surface area contributed by atoms with Crippen molar-refractivity contribution >= 4 is 5.91 Å². The molecular formula is C23H31NO. The third-order valence-corrected chi connectivity index (χ3v) is 6.09. The minimum Gasteiger partial charge on any atom is -0.335 e. The highest BCUT2D eigenvalue weighted by molar-refractivity contribution is 5.95. The lowest BCUT2D eigenvalue weighted by Crippen LogP contribution is -2.31. The van der Waals surface area contributed by atoms with Gasteiger partial charge in [0.05, 0.1) is 0 Å². The van der Waals surface area contributed by atoms with E-state index < -0.39 is 0 Å². The van der Waals surface area contributed by atoms with Crippen LogP contribution in [-0.2, 0) is 11.2 Å². The van der Waals surface area contributed by atoms with Crippen molar-refractivity contribution in [1.82, 2.24) is 4.90 Å². The largest absolute Gasteiger partial charge is 0.335 e. The van der Waals surface area contributed by atoms with E-state index in [2.05, 4.69) is 50.8 Å². The van der Waals surface area contributed by atoms with E-state index in [1.165, 1.54) is 24.0 Å². The fourth-order valence-corrected chi connectivity index (χ4v) is 4.47. The van der Waals surface area contributed by atoms with Crippen LogP contribution in [0.25, 0.3) is 0 Å². The summed E-state index contributed by atoms with van der Waals surface area (Å²) in [6.45, 7) is 10.6. The van der Waals surface area contributed by atoms with Crippen LogP contribution in [0.4, 0.5) is 0 Å². The minimum absolute atomic E-state index is 0.246. The first-order valence-corrected chi connectivity index (χ1v) is 9.67. The Bertz CT molecular complexity index is 656. The lowest BCUT2D eigenvalue weighted by molar-refractivity contribution is -0.125. The molecule has 1 fully saturated rings. The third-order valence-electron chi connectivity index (χ3n) is 6.09. The van der Waals surface area contributed by atoms with Gasteiger partial charge in [-0.1, -0.05) is 62.4 Å². The Hall–Kier alpha value is -1.83. The van der Waals surface area contributed by atoms with E-state index in [0.29, 0.717) is 11.3 Å². The highest BCUT2D eigenvalue weighted by Crippen LogP contribution is 2.45. The van der Waals surface area contributed by atoms with Gasteiger partial charge in [-0.15, -0.1) is 0 Å². The van der Waals surface area contributed by atoms with Gasteiger partial charge in [0.2, 0.25) is 5.91 Å². The summed E-state index contributed by atoms with van der Waals surface area (Å²) < 4.78 is 0. The number of carbonyl (C=O) groups excluding carboxylic acids is 1. The highest BCUT2D eigenvalue weighted by atomic mass is 16.2. The van der Waals surface area contributed by atoms with Gasteiger partial charge in [0.15, 0.2) is 0 Å². The van der Waals surface area contributed by atoms with E-state index >= 15 is 0 Å². The molecule has 3 rings (SSSR count). The third kappa shape index (κ3) is 4.23. The molecule has 2 nitrogen and oxygen atoms in total. The second-order valence-electron chi connectivity index (χ2n) is 8.31. The molecule has 0 radical (unpaired) electrons. The predicted octanol–water partition coefficient (Wildman–Crippen LogP) is 5.16. The molecule has 2 heteroatoms. The molecular weight excluding hydrogens is 306 g/mol. The number of carbonyl (C=O) groups is 1. The van der Waals surface area contributed by atoms with Crippen molar-refractivity contribution in [3.05, 3.63) is 59.7 Å². The molecule has 1 heterocycles. The number of hydrogen-bond acceptors (Lipinski definition) is 1. The summed E-state index contributed by atoms with van der Waals surface area (Å²) in [7, 11) is 0. The topological polar surface area (TPSA) is 20.3 Å². The van der Waals surface area contributed by atoms with Crippen molar-refractivity contribution in [3.8, 4) is 0 Å². The van der Waals surface area contributed by atoms with Crippen LogP contribution in [0.3, 0.4) is 0 Å². The van der Waals surface area contributed by atoms with E-state index in [1.807, 2.05) is 11.0 Å². The molecule has 1 aliphatic heterocycles. The molecule has 1 aliphatic carbocycles. The molecule has 0 saturated heterocycles. The summed E-state index contributed by atoms with van der Waals surface area (Å²) in [6.07, 6.45) is 8.73. The van der Waals surface area contributed by atoms with Gasteiger partial charge < -0.3 is 4.90 Å². The Balaban J connectivity index is 1.51. The summed E-state index contributed by atoms with van der Waals surface area (Å²) in [4.78, 5) is 14.7. The lowest BCUT2D eigenvalue weighted by Gasteiger charge is -2.40. The fraction of sp³-hybridized carbons (Fsp3) is 0.522. The summed E-state index contributed by atoms with van der Waals surface area (Å²) in [5, 5.41) is 0. The maximum atomic E-state index is 12.7. The van der Waals surface area contributed by atoms with Crippen LogP contribution in [0.15, 0.2) is 54.1 Å². The normalized spacial score (nSPS) is 23.0. The van der Waals surface area contributed by atoms with E-state index in [-0.39, 0.29) is 5.91 Å². The lowest BCUT2D eigenvalue weighted by atomic mass is 9.65. The zero-order chi connectivity index (χ0) is 17.9. The Morgan fingerprint density at radius 1 is 1.20 bits per heavy atom. The molecule has 1 unspecified atom stereocenters. The Labute approximate surface area is 152 Å². The zero-order valence-electron chi connectivity index (χ0n) is 15.8. The average Bonchev–Trinajstić information content (AvgIpc) is 2.93. The van der Waals surface area contributed by atoms with Crippen LogP contribution >= 0.6 is 0 Å². The predicted molar refractivity (Wildman–Crippen MR) is 104 cm³/mol. The van der Waals surface area contributed by atoms with Gasteiger partial charge in [-0.05, 0) is 55.4 Å². The molecule has 0 spiro atoms. The number of nitrogens with zero attached hydrogens (tertiary/aromatic N) is 1. The average molecular weight is 338 g/mol. The highest BCUT2D eigenvalue weighted by Gasteiger charge is 2.35. The van der Waals surface area contributed by atoms with Crippen LogP contribution in [-0.4, -0.2) is 23.9 Å². The summed E-state index contributed by atoms with van der Waals surface area (Å²) in [6, 6.07) is 10.4. The van der Waals surface area contributed by atoms with Crippen molar-refractivity contribution in [2.45, 2.75) is 52.4 Å². The van der Waals surface area contributed by atoms with Crippen LogP contribution in [0, 0.1) is 11.3 Å². The van der Waals surface area contributed by atoms with Crippen molar-refractivity contribution in [1.29, 1.82) is 0 Å². The number of amides is 1. The van der Waals surface area contributed by atoms with Crippen LogP contribution in [0.5, 0.6) is 0 Å². The molecule has 2 aliphatic rings. The molecule has 25 heavy (non-hydrogen) atoms. The van der Waals surface area contributed by atoms with Crippen molar-refractivity contribution in [2.75, 3.05) is 13.1 Å². The zero-order valence-corrected chi connectivity index (χ0v) is 15.8. The molecule has 1 saturated carbocycles. The first-order valence-electron chi connectivity index (χ1n) is 9.67. The van der Waals surface area contributed by atoms with Crippen LogP contribution < -0.4 is 0 Å². The van der Waals surface area contributed by atoms with Gasteiger partial charge in [0, 0.05) is 18.7 Å². The Morgan fingerprint density at radius 3 is 2.68 bits per heavy atom. The SMILES string of the molecule is C=C1CCCC(C)(C)C1CCC1=CCN(CCc2ccccc2)C1=O. The van der Waals surface area contributed by atoms with E-state index in [4.69, 9.17) is 0 Å². The second-order valence-corrected chi connectivity index (χ2v) is 8.31. The Kier molecular flexibility index (Phi) is 5.46. The first kappa shape index (κ1) is 18.0. The van der Waals surface area contributed by atoms with Gasteiger partial charge in [-0.25, -0.2) is 0 Å². The van der Waals surface area contributed by atoms with Gasteiger partial charge in [0.1, 0.15) is 0 Å². The van der Waals surface area contributed by atoms with E-state index in [9.17, 15) is 4.79 Å². The van der Waals surface area contributed by atoms with Gasteiger partial charge >= 0.3 is 0 Å². The Morgan fingerprint density at radius 2 is 1.96 bits per heavy atom. The number of hydrogen-bond donors (Lipinski definition) is 0. The summed E-state index contributed by atoms with van der Waals surface area (Å²) in [5.74, 6) is 0.795. The molecule has 1 aromatic rings. The quantitative estimate of drug-likeness (QED) is 0.657. The van der Waals surface area contributed by atoms with E-state index in [1.54, 1.807) is 0 Å². The van der Waals surface area contributed by atoms with Gasteiger partial charge in [-0.2, -0.15) is 0 Å². The maximum absolute atomic E-state index is 12.7. The molecule has 1 amide bonds. The van der Waals surface area contributed by atoms with Crippen molar-refractivity contribution in [2.24, 2.45) is 11.3 Å². The molecule has 1 aromatic carbocycles. The smallest absolute Gasteiger partial charge is 0.249 e. The molecule has 1 atom stereocenters. The molecule has 0 bridgehead atoms.